The smallest absolute Gasteiger partial charge is 0.243 e. The Morgan fingerprint density at radius 2 is 1.60 bits per heavy atom. The Morgan fingerprint density at radius 1 is 1.02 bits per heavy atom. The van der Waals surface area contributed by atoms with Gasteiger partial charge in [0, 0.05) is 13.3 Å². The van der Waals surface area contributed by atoms with Gasteiger partial charge < -0.3 is 8.85 Å². The lowest BCUT2D eigenvalue weighted by atomic mass is 9.63. The zero-order valence-electron chi connectivity index (χ0n) is 31.6. The standard InChI is InChI=1S/C38H67NO4Si2/c1-26(2)39(29(5)40)41-28(4)33-21-22-34-30(18-17-23-38(33,34)12)19-20-31-24-32(42-44(13,14)36(6,7)8)25-35(27(31)3)43-45(15,16)37(9,10)11/h19-21,26,28,32,34-35H,3,17-18,22-25H2,1-2,4-16H3/t28-,32+,34?,35-,38+/m0/s1. The Bertz CT molecular complexity index is 1200. The zero-order valence-corrected chi connectivity index (χ0v) is 33.6. The lowest BCUT2D eigenvalue weighted by Crippen LogP contribution is -2.49. The lowest BCUT2D eigenvalue weighted by molar-refractivity contribution is -0.208. The van der Waals surface area contributed by atoms with Gasteiger partial charge in [-0.2, -0.15) is 0 Å². The molecular weight excluding hydrogens is 591 g/mol. The van der Waals surface area contributed by atoms with Crippen LogP contribution in [0.25, 0.3) is 0 Å². The highest BCUT2D eigenvalue weighted by Crippen LogP contribution is 2.56. The number of hydrogen-bond acceptors (Lipinski definition) is 4. The van der Waals surface area contributed by atoms with Gasteiger partial charge >= 0.3 is 0 Å². The molecule has 2 saturated carbocycles. The van der Waals surface area contributed by atoms with Crippen molar-refractivity contribution < 1.29 is 18.5 Å². The van der Waals surface area contributed by atoms with E-state index in [1.807, 2.05) is 13.8 Å². The Hall–Kier alpha value is -1.26. The number of hydroxylamine groups is 2. The van der Waals surface area contributed by atoms with E-state index in [4.69, 9.17) is 13.7 Å². The third-order valence-corrected chi connectivity index (χ3v) is 20.9. The van der Waals surface area contributed by atoms with Crippen molar-refractivity contribution in [3.63, 3.8) is 0 Å². The normalized spacial score (nSPS) is 29.3. The van der Waals surface area contributed by atoms with Crippen molar-refractivity contribution >= 4 is 22.5 Å². The maximum Gasteiger partial charge on any atom is 0.243 e. The molecule has 0 radical (unpaired) electrons. The highest BCUT2D eigenvalue weighted by atomic mass is 28.4. The van der Waals surface area contributed by atoms with Crippen LogP contribution < -0.4 is 0 Å². The second-order valence-electron chi connectivity index (χ2n) is 17.7. The monoisotopic (exact) mass is 657 g/mol. The molecule has 1 amide bonds. The van der Waals surface area contributed by atoms with Crippen molar-refractivity contribution in [3.05, 3.63) is 47.1 Å². The number of carbonyl (C=O) groups is 1. The SMILES string of the molecule is C=C1C(=CC=C2CCC[C@]3(C)C([C@H](C)ON(C(C)=O)C(C)C)=CCC23)C[C@@H](O[Si](C)(C)C(C)(C)C)C[C@@H]1O[Si](C)(C)C(C)(C)C. The molecule has 1 unspecified atom stereocenters. The first kappa shape index (κ1) is 38.2. The summed E-state index contributed by atoms with van der Waals surface area (Å²) in [5.74, 6) is 0.400. The first-order valence-electron chi connectivity index (χ1n) is 17.5. The average molecular weight is 658 g/mol. The molecule has 256 valence electrons. The van der Waals surface area contributed by atoms with E-state index in [0.29, 0.717) is 5.92 Å². The first-order valence-corrected chi connectivity index (χ1v) is 23.3. The molecular formula is C38H67NO4Si2. The Kier molecular flexibility index (Phi) is 11.6. The van der Waals surface area contributed by atoms with Crippen molar-refractivity contribution in [2.45, 2.75) is 175 Å². The minimum atomic E-state index is -2.01. The van der Waals surface area contributed by atoms with Crippen LogP contribution in [0.5, 0.6) is 0 Å². The van der Waals surface area contributed by atoms with E-state index in [2.05, 4.69) is 106 Å². The van der Waals surface area contributed by atoms with Crippen LogP contribution in [-0.2, 0) is 18.5 Å². The molecule has 7 heteroatoms. The Balaban J connectivity index is 1.91. The molecule has 0 spiro atoms. The number of nitrogens with zero attached hydrogens (tertiary/aromatic N) is 1. The molecule has 5 atom stereocenters. The summed E-state index contributed by atoms with van der Waals surface area (Å²) < 4.78 is 14.1. The van der Waals surface area contributed by atoms with Crippen LogP contribution in [0, 0.1) is 11.3 Å². The van der Waals surface area contributed by atoms with E-state index in [1.165, 1.54) is 21.8 Å². The summed E-state index contributed by atoms with van der Waals surface area (Å²) in [5.41, 5.74) is 5.31. The Labute approximate surface area is 279 Å². The van der Waals surface area contributed by atoms with Crippen LogP contribution in [0.3, 0.4) is 0 Å². The maximum atomic E-state index is 12.3. The number of rotatable bonds is 9. The summed E-state index contributed by atoms with van der Waals surface area (Å²) in [6.07, 6.45) is 13.4. The van der Waals surface area contributed by atoms with Crippen molar-refractivity contribution in [3.8, 4) is 0 Å². The minimum absolute atomic E-state index is 0.00137. The third-order valence-electron chi connectivity index (χ3n) is 11.8. The van der Waals surface area contributed by atoms with Crippen molar-refractivity contribution in [1.82, 2.24) is 5.06 Å². The van der Waals surface area contributed by atoms with Crippen LogP contribution >= 0.6 is 0 Å². The van der Waals surface area contributed by atoms with Crippen molar-refractivity contribution in [1.29, 1.82) is 0 Å². The van der Waals surface area contributed by atoms with Gasteiger partial charge in [-0.15, -0.1) is 0 Å². The van der Waals surface area contributed by atoms with Crippen LogP contribution in [-0.4, -0.2) is 52.0 Å². The predicted octanol–water partition coefficient (Wildman–Crippen LogP) is 10.7. The Morgan fingerprint density at radius 3 is 2.13 bits per heavy atom. The summed E-state index contributed by atoms with van der Waals surface area (Å²) in [4.78, 5) is 18.5. The van der Waals surface area contributed by atoms with E-state index in [1.54, 1.807) is 6.92 Å². The number of amides is 1. The number of allylic oxidation sites excluding steroid dienone is 4. The van der Waals surface area contributed by atoms with Gasteiger partial charge in [-0.05, 0) is 117 Å². The van der Waals surface area contributed by atoms with Crippen LogP contribution in [0.2, 0.25) is 36.3 Å². The molecule has 0 aromatic carbocycles. The van der Waals surface area contributed by atoms with E-state index in [9.17, 15) is 4.79 Å². The fourth-order valence-electron chi connectivity index (χ4n) is 7.03. The molecule has 3 rings (SSSR count). The molecule has 45 heavy (non-hydrogen) atoms. The van der Waals surface area contributed by atoms with Gasteiger partial charge in [0.25, 0.3) is 0 Å². The van der Waals surface area contributed by atoms with Crippen LogP contribution in [0.4, 0.5) is 0 Å². The largest absolute Gasteiger partial charge is 0.413 e. The van der Waals surface area contributed by atoms with Gasteiger partial charge in [0.15, 0.2) is 16.6 Å². The topological polar surface area (TPSA) is 48.0 Å². The second kappa shape index (κ2) is 13.7. The third kappa shape index (κ3) is 8.43. The minimum Gasteiger partial charge on any atom is -0.413 e. The zero-order chi connectivity index (χ0) is 34.3. The van der Waals surface area contributed by atoms with Crippen molar-refractivity contribution in [2.24, 2.45) is 11.3 Å². The molecule has 0 aromatic heterocycles. The van der Waals surface area contributed by atoms with Gasteiger partial charge in [0.1, 0.15) is 6.10 Å². The molecule has 3 aliphatic carbocycles. The summed E-state index contributed by atoms with van der Waals surface area (Å²) in [5, 5.41) is 1.81. The molecule has 0 heterocycles. The summed E-state index contributed by atoms with van der Waals surface area (Å²) in [6.45, 7) is 38.1. The number of hydrogen-bond donors (Lipinski definition) is 0. The highest BCUT2D eigenvalue weighted by Gasteiger charge is 2.48. The van der Waals surface area contributed by atoms with Crippen LogP contribution in [0.15, 0.2) is 47.1 Å². The fourth-order valence-corrected chi connectivity index (χ4v) is 9.70. The van der Waals surface area contributed by atoms with Crippen LogP contribution in [0.1, 0.15) is 115 Å². The molecule has 0 bridgehead atoms. The quantitative estimate of drug-likeness (QED) is 0.141. The molecule has 5 nitrogen and oxygen atoms in total. The van der Waals surface area contributed by atoms with Gasteiger partial charge in [-0.1, -0.05) is 78.8 Å². The van der Waals surface area contributed by atoms with E-state index in [0.717, 1.165) is 44.1 Å². The molecule has 2 fully saturated rings. The molecule has 0 aromatic rings. The summed E-state index contributed by atoms with van der Waals surface area (Å²) >= 11 is 0. The van der Waals surface area contributed by atoms with Gasteiger partial charge in [0.2, 0.25) is 5.91 Å². The summed E-state index contributed by atoms with van der Waals surface area (Å²) in [6, 6.07) is 0.00137. The van der Waals surface area contributed by atoms with E-state index >= 15 is 0 Å². The number of carbonyl (C=O) groups excluding carboxylic acids is 1. The summed E-state index contributed by atoms with van der Waals surface area (Å²) in [7, 11) is -3.96. The highest BCUT2D eigenvalue weighted by molar-refractivity contribution is 6.74. The number of fused-ring (bicyclic) bond motifs is 1. The molecule has 0 aliphatic heterocycles. The van der Waals surface area contributed by atoms with Gasteiger partial charge in [-0.3, -0.25) is 9.63 Å². The predicted molar refractivity (Wildman–Crippen MR) is 195 cm³/mol. The molecule has 0 N–H and O–H groups in total. The fraction of sp³-hybridized carbons (Fsp3) is 0.763. The molecule has 0 saturated heterocycles. The maximum absolute atomic E-state index is 12.3. The van der Waals surface area contributed by atoms with Gasteiger partial charge in [0.05, 0.1) is 18.2 Å². The van der Waals surface area contributed by atoms with Gasteiger partial charge in [-0.25, -0.2) is 5.06 Å². The van der Waals surface area contributed by atoms with Crippen molar-refractivity contribution in [2.75, 3.05) is 0 Å². The average Bonchev–Trinajstić information content (AvgIpc) is 3.23. The first-order chi connectivity index (χ1) is 20.4. The second-order valence-corrected chi connectivity index (χ2v) is 27.2. The van der Waals surface area contributed by atoms with E-state index in [-0.39, 0.29) is 45.8 Å². The lowest BCUT2D eigenvalue weighted by Gasteiger charge is -2.45. The van der Waals surface area contributed by atoms with E-state index < -0.39 is 16.6 Å². The molecule has 3 aliphatic rings.